The first-order valence-corrected chi connectivity index (χ1v) is 10.00. The Balaban J connectivity index is 1.57. The first-order valence-electron chi connectivity index (χ1n) is 9.18. The second-order valence-corrected chi connectivity index (χ2v) is 7.45. The van der Waals surface area contributed by atoms with E-state index in [1.807, 2.05) is 36.4 Å². The highest BCUT2D eigenvalue weighted by Crippen LogP contribution is 2.30. The topological polar surface area (TPSA) is 124 Å². The second-order valence-electron chi connectivity index (χ2n) is 6.46. The van der Waals surface area contributed by atoms with Crippen molar-refractivity contribution in [3.8, 4) is 5.75 Å². The molecule has 0 aliphatic carbocycles. The van der Waals surface area contributed by atoms with Crippen molar-refractivity contribution in [2.24, 2.45) is 0 Å². The van der Waals surface area contributed by atoms with Crippen LogP contribution in [0.4, 0.5) is 10.5 Å². The van der Waals surface area contributed by atoms with E-state index in [-0.39, 0.29) is 29.1 Å². The van der Waals surface area contributed by atoms with Gasteiger partial charge < -0.3 is 15.5 Å². The Morgan fingerprint density at radius 2 is 1.84 bits per heavy atom. The van der Waals surface area contributed by atoms with Crippen LogP contribution in [0.1, 0.15) is 22.3 Å². The standard InChI is InChI=1S/C22H18N2O6S/c25-17-10-9-15(13-16(17)21(28)29)23-19(26)11-12-24-20(27)18(31-22(24)30)8-4-7-14-5-2-1-3-6-14/h1-10,13,25H,11-12H2,(H,23,26)(H,28,29)/b7-4+,18-8-. The molecule has 0 aromatic heterocycles. The van der Waals surface area contributed by atoms with Gasteiger partial charge in [0.2, 0.25) is 5.91 Å². The first-order chi connectivity index (χ1) is 14.8. The summed E-state index contributed by atoms with van der Waals surface area (Å²) in [6, 6.07) is 13.1. The van der Waals surface area contributed by atoms with Crippen molar-refractivity contribution in [2.45, 2.75) is 6.42 Å². The Labute approximate surface area is 181 Å². The molecule has 1 aliphatic rings. The number of amides is 3. The van der Waals surface area contributed by atoms with Gasteiger partial charge in [0, 0.05) is 18.7 Å². The number of aromatic hydroxyl groups is 1. The molecule has 0 bridgehead atoms. The Morgan fingerprint density at radius 3 is 2.55 bits per heavy atom. The number of phenols is 1. The van der Waals surface area contributed by atoms with E-state index in [1.54, 1.807) is 12.2 Å². The number of imide groups is 1. The monoisotopic (exact) mass is 438 g/mol. The van der Waals surface area contributed by atoms with Gasteiger partial charge in [0.1, 0.15) is 11.3 Å². The molecule has 0 atom stereocenters. The van der Waals surface area contributed by atoms with E-state index in [0.717, 1.165) is 34.4 Å². The number of carbonyl (C=O) groups is 4. The third kappa shape index (κ3) is 5.61. The van der Waals surface area contributed by atoms with Gasteiger partial charge in [0.15, 0.2) is 0 Å². The molecule has 158 valence electrons. The molecule has 31 heavy (non-hydrogen) atoms. The summed E-state index contributed by atoms with van der Waals surface area (Å²) in [5, 5.41) is 20.5. The summed E-state index contributed by atoms with van der Waals surface area (Å²) in [5.41, 5.74) is 0.785. The summed E-state index contributed by atoms with van der Waals surface area (Å²) >= 11 is 0.802. The number of hydrogen-bond donors (Lipinski definition) is 3. The minimum atomic E-state index is -1.33. The van der Waals surface area contributed by atoms with Crippen molar-refractivity contribution in [3.63, 3.8) is 0 Å². The third-order valence-electron chi connectivity index (χ3n) is 4.28. The molecule has 0 unspecified atom stereocenters. The lowest BCUT2D eigenvalue weighted by molar-refractivity contribution is -0.123. The Hall–Kier alpha value is -3.85. The van der Waals surface area contributed by atoms with Crippen LogP contribution in [0, 0.1) is 0 Å². The van der Waals surface area contributed by atoms with Crippen LogP contribution < -0.4 is 5.32 Å². The van der Waals surface area contributed by atoms with E-state index in [4.69, 9.17) is 5.11 Å². The summed E-state index contributed by atoms with van der Waals surface area (Å²) < 4.78 is 0. The predicted octanol–water partition coefficient (Wildman–Crippen LogP) is 3.71. The molecule has 1 fully saturated rings. The van der Waals surface area contributed by atoms with E-state index in [1.165, 1.54) is 6.07 Å². The van der Waals surface area contributed by atoms with Gasteiger partial charge in [-0.25, -0.2) is 4.79 Å². The van der Waals surface area contributed by atoms with E-state index >= 15 is 0 Å². The molecule has 1 heterocycles. The molecule has 2 aromatic rings. The number of nitrogens with one attached hydrogen (secondary N) is 1. The number of carboxylic acids is 1. The SMILES string of the molecule is O=C(CCN1C(=O)S/C(=C\C=C\c2ccccc2)C1=O)Nc1ccc(O)c(C(=O)O)c1. The fourth-order valence-electron chi connectivity index (χ4n) is 2.74. The van der Waals surface area contributed by atoms with Crippen LogP contribution in [0.3, 0.4) is 0 Å². The molecule has 1 aliphatic heterocycles. The summed E-state index contributed by atoms with van der Waals surface area (Å²) in [6.07, 6.45) is 4.89. The number of carbonyl (C=O) groups excluding carboxylic acids is 3. The molecule has 0 radical (unpaired) electrons. The average Bonchev–Trinajstić information content (AvgIpc) is 3.01. The summed E-state index contributed by atoms with van der Waals surface area (Å²) in [7, 11) is 0. The minimum Gasteiger partial charge on any atom is -0.507 e. The maximum Gasteiger partial charge on any atom is 0.339 e. The Bertz CT molecular complexity index is 1090. The van der Waals surface area contributed by atoms with Gasteiger partial charge in [-0.15, -0.1) is 0 Å². The number of aromatic carboxylic acids is 1. The van der Waals surface area contributed by atoms with Gasteiger partial charge in [-0.2, -0.15) is 0 Å². The number of nitrogens with zero attached hydrogens (tertiary/aromatic N) is 1. The summed E-state index contributed by atoms with van der Waals surface area (Å²) in [4.78, 5) is 49.0. The zero-order valence-corrected chi connectivity index (χ0v) is 17.0. The Kier molecular flexibility index (Phi) is 6.88. The number of benzene rings is 2. The minimum absolute atomic E-state index is 0.111. The van der Waals surface area contributed by atoms with Crippen LogP contribution in [0.2, 0.25) is 0 Å². The molecule has 8 nitrogen and oxygen atoms in total. The Morgan fingerprint density at radius 1 is 1.10 bits per heavy atom. The lowest BCUT2D eigenvalue weighted by atomic mass is 10.1. The number of hydrogen-bond acceptors (Lipinski definition) is 6. The molecule has 9 heteroatoms. The van der Waals surface area contributed by atoms with Gasteiger partial charge in [0.05, 0.1) is 4.91 Å². The maximum absolute atomic E-state index is 12.4. The van der Waals surface area contributed by atoms with Crippen molar-refractivity contribution in [2.75, 3.05) is 11.9 Å². The zero-order valence-electron chi connectivity index (χ0n) is 16.1. The number of anilines is 1. The van der Waals surface area contributed by atoms with Crippen LogP contribution in [-0.2, 0) is 9.59 Å². The lowest BCUT2D eigenvalue weighted by Gasteiger charge is -2.12. The molecular weight excluding hydrogens is 420 g/mol. The van der Waals surface area contributed by atoms with Crippen molar-refractivity contribution in [1.29, 1.82) is 0 Å². The molecule has 1 saturated heterocycles. The van der Waals surface area contributed by atoms with Gasteiger partial charge in [0.25, 0.3) is 11.1 Å². The van der Waals surface area contributed by atoms with Crippen LogP contribution in [0.5, 0.6) is 5.75 Å². The van der Waals surface area contributed by atoms with Crippen molar-refractivity contribution >= 4 is 46.5 Å². The molecule has 3 N–H and O–H groups in total. The molecule has 2 aromatic carbocycles. The van der Waals surface area contributed by atoms with Crippen molar-refractivity contribution in [1.82, 2.24) is 4.90 Å². The highest BCUT2D eigenvalue weighted by Gasteiger charge is 2.34. The molecule has 0 spiro atoms. The van der Waals surface area contributed by atoms with Gasteiger partial charge in [-0.3, -0.25) is 19.3 Å². The van der Waals surface area contributed by atoms with E-state index < -0.39 is 28.8 Å². The van der Waals surface area contributed by atoms with Crippen molar-refractivity contribution < 1.29 is 29.4 Å². The molecule has 0 saturated carbocycles. The van der Waals surface area contributed by atoms with E-state index in [9.17, 15) is 24.3 Å². The van der Waals surface area contributed by atoms with Crippen LogP contribution in [0.25, 0.3) is 6.08 Å². The smallest absolute Gasteiger partial charge is 0.339 e. The number of carboxylic acid groups (broad SMARTS) is 1. The fraction of sp³-hybridized carbons (Fsp3) is 0.0909. The third-order valence-corrected chi connectivity index (χ3v) is 5.21. The number of allylic oxidation sites excluding steroid dienone is 2. The maximum atomic E-state index is 12.4. The van der Waals surface area contributed by atoms with Crippen LogP contribution >= 0.6 is 11.8 Å². The first kappa shape index (κ1) is 21.8. The van der Waals surface area contributed by atoms with Gasteiger partial charge >= 0.3 is 5.97 Å². The zero-order chi connectivity index (χ0) is 22.4. The van der Waals surface area contributed by atoms with E-state index in [2.05, 4.69) is 5.32 Å². The molecule has 3 amide bonds. The molecule has 3 rings (SSSR count). The second kappa shape index (κ2) is 9.77. The normalized spacial score (nSPS) is 15.1. The highest BCUT2D eigenvalue weighted by atomic mass is 32.2. The van der Waals surface area contributed by atoms with Crippen LogP contribution in [0.15, 0.2) is 65.6 Å². The number of rotatable bonds is 7. The largest absolute Gasteiger partial charge is 0.507 e. The molecular formula is C22H18N2O6S. The predicted molar refractivity (Wildman–Crippen MR) is 117 cm³/mol. The summed E-state index contributed by atoms with van der Waals surface area (Å²) in [6.45, 7) is -0.111. The number of thioether (sulfide) groups is 1. The highest BCUT2D eigenvalue weighted by molar-refractivity contribution is 8.18. The van der Waals surface area contributed by atoms with Gasteiger partial charge in [-0.05, 0) is 41.6 Å². The van der Waals surface area contributed by atoms with Crippen LogP contribution in [-0.4, -0.2) is 44.7 Å². The fourth-order valence-corrected chi connectivity index (χ4v) is 3.56. The summed E-state index contributed by atoms with van der Waals surface area (Å²) in [5.74, 6) is -2.73. The lowest BCUT2D eigenvalue weighted by Crippen LogP contribution is -2.31. The average molecular weight is 438 g/mol. The van der Waals surface area contributed by atoms with E-state index in [0.29, 0.717) is 0 Å². The van der Waals surface area contributed by atoms with Gasteiger partial charge in [-0.1, -0.05) is 42.5 Å². The quantitative estimate of drug-likeness (QED) is 0.445. The van der Waals surface area contributed by atoms with Crippen molar-refractivity contribution in [3.05, 3.63) is 76.7 Å².